The van der Waals surface area contributed by atoms with Crippen LogP contribution in [0.3, 0.4) is 0 Å². The molecule has 1 aromatic rings. The summed E-state index contributed by atoms with van der Waals surface area (Å²) in [5, 5.41) is -0.295. The Morgan fingerprint density at radius 3 is 2.73 bits per heavy atom. The maximum absolute atomic E-state index is 11.6. The lowest BCUT2D eigenvalue weighted by Gasteiger charge is -2.13. The van der Waals surface area contributed by atoms with E-state index in [2.05, 4.69) is 4.98 Å². The molecule has 0 bridgehead atoms. The van der Waals surface area contributed by atoms with Gasteiger partial charge in [-0.15, -0.1) is 0 Å². The van der Waals surface area contributed by atoms with Crippen molar-refractivity contribution in [2.24, 2.45) is 5.73 Å². The van der Waals surface area contributed by atoms with Gasteiger partial charge in [0.1, 0.15) is 17.4 Å². The zero-order valence-corrected chi connectivity index (χ0v) is 9.42. The molecular formula is C8H9Cl2N3O2. The molecule has 5 nitrogen and oxygen atoms in total. The Hall–Kier alpha value is -1.07. The fourth-order valence-electron chi connectivity index (χ4n) is 1.18. The highest BCUT2D eigenvalue weighted by molar-refractivity contribution is 6.40. The SMILES string of the molecule is CCC(C(N)=O)n1cnc(Cl)c(Cl)c1=O. The molecule has 0 spiro atoms. The van der Waals surface area contributed by atoms with Crippen LogP contribution in [-0.2, 0) is 4.79 Å². The number of primary amides is 1. The second-order valence-corrected chi connectivity index (χ2v) is 3.62. The summed E-state index contributed by atoms with van der Waals surface area (Å²) in [4.78, 5) is 26.3. The van der Waals surface area contributed by atoms with Gasteiger partial charge in [0.25, 0.3) is 5.56 Å². The normalized spacial score (nSPS) is 12.5. The predicted molar refractivity (Wildman–Crippen MR) is 57.0 cm³/mol. The predicted octanol–water partition coefficient (Wildman–Crippen LogP) is 0.986. The molecule has 0 aliphatic carbocycles. The number of carbonyl (C=O) groups excluding carboxylic acids is 1. The Morgan fingerprint density at radius 1 is 1.67 bits per heavy atom. The molecule has 1 unspecified atom stereocenters. The second-order valence-electron chi connectivity index (χ2n) is 2.89. The van der Waals surface area contributed by atoms with Crippen molar-refractivity contribution in [3.05, 3.63) is 26.9 Å². The van der Waals surface area contributed by atoms with Crippen molar-refractivity contribution >= 4 is 29.1 Å². The maximum Gasteiger partial charge on any atom is 0.274 e. The highest BCUT2D eigenvalue weighted by Crippen LogP contribution is 2.15. The van der Waals surface area contributed by atoms with Crippen LogP contribution in [0.2, 0.25) is 10.2 Å². The molecule has 0 fully saturated rings. The number of nitrogens with zero attached hydrogens (tertiary/aromatic N) is 2. The minimum atomic E-state index is -0.750. The average Bonchev–Trinajstić information content (AvgIpc) is 2.18. The van der Waals surface area contributed by atoms with Gasteiger partial charge < -0.3 is 5.73 Å². The lowest BCUT2D eigenvalue weighted by molar-refractivity contribution is -0.121. The molecule has 0 radical (unpaired) electrons. The van der Waals surface area contributed by atoms with Crippen molar-refractivity contribution in [3.8, 4) is 0 Å². The fourth-order valence-corrected chi connectivity index (χ4v) is 1.45. The molecule has 2 N–H and O–H groups in total. The number of rotatable bonds is 3. The van der Waals surface area contributed by atoms with E-state index in [1.807, 2.05) is 0 Å². The Labute approximate surface area is 95.8 Å². The summed E-state index contributed by atoms with van der Waals surface area (Å²) in [7, 11) is 0. The molecule has 0 aliphatic heterocycles. The van der Waals surface area contributed by atoms with Crippen molar-refractivity contribution < 1.29 is 4.79 Å². The standard InChI is InChI=1S/C8H9Cl2N3O2/c1-2-4(7(11)14)13-3-12-6(10)5(9)8(13)15/h3-4H,2H2,1H3,(H2,11,14). The van der Waals surface area contributed by atoms with Crippen molar-refractivity contribution in [2.75, 3.05) is 0 Å². The van der Waals surface area contributed by atoms with Crippen LogP contribution in [0.5, 0.6) is 0 Å². The van der Waals surface area contributed by atoms with Crippen LogP contribution in [0.4, 0.5) is 0 Å². The lowest BCUT2D eigenvalue weighted by Crippen LogP contribution is -2.33. The Kier molecular flexibility index (Phi) is 3.71. The van der Waals surface area contributed by atoms with Gasteiger partial charge in [0, 0.05) is 0 Å². The van der Waals surface area contributed by atoms with Crippen molar-refractivity contribution in [1.29, 1.82) is 0 Å². The van der Waals surface area contributed by atoms with Crippen LogP contribution in [-0.4, -0.2) is 15.5 Å². The summed E-state index contributed by atoms with van der Waals surface area (Å²) < 4.78 is 1.08. The van der Waals surface area contributed by atoms with E-state index in [1.54, 1.807) is 6.92 Å². The zero-order chi connectivity index (χ0) is 11.6. The second kappa shape index (κ2) is 4.63. The molecule has 1 atom stereocenters. The molecule has 1 aromatic heterocycles. The maximum atomic E-state index is 11.6. The van der Waals surface area contributed by atoms with Gasteiger partial charge in [-0.05, 0) is 6.42 Å². The average molecular weight is 250 g/mol. The van der Waals surface area contributed by atoms with Crippen LogP contribution in [0.1, 0.15) is 19.4 Å². The number of aromatic nitrogens is 2. The molecule has 1 rings (SSSR count). The van der Waals surface area contributed by atoms with E-state index in [0.29, 0.717) is 6.42 Å². The number of halogens is 2. The molecule has 0 saturated carbocycles. The zero-order valence-electron chi connectivity index (χ0n) is 7.91. The molecular weight excluding hydrogens is 241 g/mol. The van der Waals surface area contributed by atoms with E-state index in [0.717, 1.165) is 10.9 Å². The van der Waals surface area contributed by atoms with E-state index in [9.17, 15) is 9.59 Å². The lowest BCUT2D eigenvalue weighted by atomic mass is 10.2. The van der Waals surface area contributed by atoms with Gasteiger partial charge in [-0.25, -0.2) is 4.98 Å². The van der Waals surface area contributed by atoms with E-state index in [1.165, 1.54) is 0 Å². The molecule has 0 aliphatic rings. The van der Waals surface area contributed by atoms with Gasteiger partial charge in [0.2, 0.25) is 5.91 Å². The number of nitrogens with two attached hydrogens (primary N) is 1. The summed E-state index contributed by atoms with van der Waals surface area (Å²) in [5.41, 5.74) is 4.57. The number of hydrogen-bond acceptors (Lipinski definition) is 3. The van der Waals surface area contributed by atoms with Gasteiger partial charge in [-0.2, -0.15) is 0 Å². The van der Waals surface area contributed by atoms with E-state index in [-0.39, 0.29) is 10.2 Å². The summed E-state index contributed by atoms with van der Waals surface area (Å²) >= 11 is 11.1. The van der Waals surface area contributed by atoms with Crippen molar-refractivity contribution in [3.63, 3.8) is 0 Å². The smallest absolute Gasteiger partial charge is 0.274 e. The van der Waals surface area contributed by atoms with Gasteiger partial charge in [-0.1, -0.05) is 30.1 Å². The summed E-state index contributed by atoms with van der Waals surface area (Å²) in [5.74, 6) is -0.611. The van der Waals surface area contributed by atoms with Crippen LogP contribution < -0.4 is 11.3 Å². The van der Waals surface area contributed by atoms with Gasteiger partial charge >= 0.3 is 0 Å². The first kappa shape index (κ1) is 12.0. The first-order valence-electron chi connectivity index (χ1n) is 4.20. The molecule has 1 amide bonds. The molecule has 82 valence electrons. The van der Waals surface area contributed by atoms with Crippen LogP contribution in [0.25, 0.3) is 0 Å². The van der Waals surface area contributed by atoms with E-state index < -0.39 is 17.5 Å². The van der Waals surface area contributed by atoms with Gasteiger partial charge in [-0.3, -0.25) is 14.2 Å². The van der Waals surface area contributed by atoms with Crippen molar-refractivity contribution in [2.45, 2.75) is 19.4 Å². The Balaban J connectivity index is 3.32. The third kappa shape index (κ3) is 2.30. The molecule has 0 aromatic carbocycles. The minimum absolute atomic E-state index is 0.0859. The van der Waals surface area contributed by atoms with Gasteiger partial charge in [0.15, 0.2) is 5.15 Å². The van der Waals surface area contributed by atoms with E-state index >= 15 is 0 Å². The first-order chi connectivity index (χ1) is 6.99. The highest BCUT2D eigenvalue weighted by Gasteiger charge is 2.18. The van der Waals surface area contributed by atoms with E-state index in [4.69, 9.17) is 28.9 Å². The van der Waals surface area contributed by atoms with Crippen LogP contribution in [0, 0.1) is 0 Å². The number of carbonyl (C=O) groups is 1. The third-order valence-electron chi connectivity index (χ3n) is 1.95. The number of hydrogen-bond donors (Lipinski definition) is 1. The Morgan fingerprint density at radius 2 is 2.27 bits per heavy atom. The van der Waals surface area contributed by atoms with Crippen LogP contribution >= 0.6 is 23.2 Å². The molecule has 7 heteroatoms. The number of amides is 1. The third-order valence-corrected chi connectivity index (χ3v) is 2.67. The summed E-state index contributed by atoms with van der Waals surface area (Å²) in [6, 6.07) is -0.750. The molecule has 15 heavy (non-hydrogen) atoms. The fraction of sp³-hybridized carbons (Fsp3) is 0.375. The quantitative estimate of drug-likeness (QED) is 0.812. The topological polar surface area (TPSA) is 78.0 Å². The van der Waals surface area contributed by atoms with Crippen LogP contribution in [0.15, 0.2) is 11.1 Å². The summed E-state index contributed by atoms with van der Waals surface area (Å²) in [6.07, 6.45) is 1.55. The van der Waals surface area contributed by atoms with Gasteiger partial charge in [0.05, 0.1) is 0 Å². The summed E-state index contributed by atoms with van der Waals surface area (Å²) in [6.45, 7) is 1.73. The first-order valence-corrected chi connectivity index (χ1v) is 4.96. The largest absolute Gasteiger partial charge is 0.368 e. The van der Waals surface area contributed by atoms with Crippen molar-refractivity contribution in [1.82, 2.24) is 9.55 Å². The molecule has 0 saturated heterocycles. The molecule has 1 heterocycles. The minimum Gasteiger partial charge on any atom is -0.368 e. The highest BCUT2D eigenvalue weighted by atomic mass is 35.5. The monoisotopic (exact) mass is 249 g/mol. The Bertz CT molecular complexity index is 444.